The van der Waals surface area contributed by atoms with Crippen LogP contribution in [-0.4, -0.2) is 38.1 Å². The molecule has 0 saturated carbocycles. The van der Waals surface area contributed by atoms with Crippen LogP contribution in [0.15, 0.2) is 48.5 Å². The number of benzene rings is 2. The van der Waals surface area contributed by atoms with E-state index in [4.69, 9.17) is 15.2 Å². The lowest BCUT2D eigenvalue weighted by Gasteiger charge is -2.23. The standard InChI is InChI=1S/C19H24N2O3.ClH/c1-23-17-11-16(12-18(13-17)24-2)19(22)21(10-6-9-20)14-15-7-4-3-5-8-15;/h3-5,7-8,11-13H,6,9-10,14,20H2,1-2H3;1H. The zero-order valence-electron chi connectivity index (χ0n) is 14.6. The first-order chi connectivity index (χ1) is 11.7. The second kappa shape index (κ2) is 10.6. The summed E-state index contributed by atoms with van der Waals surface area (Å²) < 4.78 is 10.5. The van der Waals surface area contributed by atoms with E-state index in [1.807, 2.05) is 30.3 Å². The van der Waals surface area contributed by atoms with E-state index < -0.39 is 0 Å². The van der Waals surface area contributed by atoms with Gasteiger partial charge in [-0.05, 0) is 30.7 Å². The number of carbonyl (C=O) groups excluding carboxylic acids is 1. The first-order valence-corrected chi connectivity index (χ1v) is 7.94. The van der Waals surface area contributed by atoms with Crippen LogP contribution in [0, 0.1) is 0 Å². The topological polar surface area (TPSA) is 64.8 Å². The predicted octanol–water partition coefficient (Wildman–Crippen LogP) is 3.12. The third-order valence-corrected chi connectivity index (χ3v) is 3.73. The fraction of sp³-hybridized carbons (Fsp3) is 0.316. The molecular formula is C19H25ClN2O3. The lowest BCUT2D eigenvalue weighted by Crippen LogP contribution is -2.32. The molecule has 0 unspecified atom stereocenters. The van der Waals surface area contributed by atoms with Crippen molar-refractivity contribution in [2.75, 3.05) is 27.3 Å². The van der Waals surface area contributed by atoms with Gasteiger partial charge in [0.15, 0.2) is 0 Å². The predicted molar refractivity (Wildman–Crippen MR) is 102 cm³/mol. The molecule has 6 heteroatoms. The first kappa shape index (κ1) is 20.8. The third kappa shape index (κ3) is 5.96. The van der Waals surface area contributed by atoms with Crippen molar-refractivity contribution in [3.8, 4) is 11.5 Å². The van der Waals surface area contributed by atoms with Gasteiger partial charge in [0.2, 0.25) is 0 Å². The number of nitrogens with zero attached hydrogens (tertiary/aromatic N) is 1. The van der Waals surface area contributed by atoms with Crippen LogP contribution in [0.1, 0.15) is 22.3 Å². The maximum absolute atomic E-state index is 13.0. The van der Waals surface area contributed by atoms with Crippen molar-refractivity contribution in [3.63, 3.8) is 0 Å². The Morgan fingerprint density at radius 3 is 2.16 bits per heavy atom. The van der Waals surface area contributed by atoms with Crippen molar-refractivity contribution < 1.29 is 14.3 Å². The molecule has 5 nitrogen and oxygen atoms in total. The van der Waals surface area contributed by atoms with Gasteiger partial charge >= 0.3 is 0 Å². The van der Waals surface area contributed by atoms with Gasteiger partial charge in [0.1, 0.15) is 11.5 Å². The first-order valence-electron chi connectivity index (χ1n) is 7.94. The van der Waals surface area contributed by atoms with Crippen LogP contribution in [0.25, 0.3) is 0 Å². The maximum atomic E-state index is 13.0. The van der Waals surface area contributed by atoms with Crippen LogP contribution < -0.4 is 15.2 Å². The third-order valence-electron chi connectivity index (χ3n) is 3.73. The monoisotopic (exact) mass is 364 g/mol. The van der Waals surface area contributed by atoms with Crippen molar-refractivity contribution in [2.24, 2.45) is 5.73 Å². The number of carbonyl (C=O) groups is 1. The van der Waals surface area contributed by atoms with Gasteiger partial charge < -0.3 is 20.1 Å². The lowest BCUT2D eigenvalue weighted by atomic mass is 10.1. The van der Waals surface area contributed by atoms with Crippen LogP contribution in [0.3, 0.4) is 0 Å². The Labute approximate surface area is 155 Å². The minimum atomic E-state index is -0.0653. The summed E-state index contributed by atoms with van der Waals surface area (Å²) in [6.45, 7) is 1.68. The molecule has 0 aromatic heterocycles. The molecule has 136 valence electrons. The normalized spacial score (nSPS) is 9.88. The Hall–Kier alpha value is -2.24. The van der Waals surface area contributed by atoms with E-state index in [-0.39, 0.29) is 18.3 Å². The SMILES string of the molecule is COc1cc(OC)cc(C(=O)N(CCCN)Cc2ccccc2)c1.Cl. The van der Waals surface area contributed by atoms with Gasteiger partial charge in [-0.3, -0.25) is 4.79 Å². The Kier molecular flexibility index (Phi) is 8.81. The average Bonchev–Trinajstić information content (AvgIpc) is 2.64. The summed E-state index contributed by atoms with van der Waals surface area (Å²) in [7, 11) is 3.14. The number of halogens is 1. The molecule has 2 aromatic rings. The van der Waals surface area contributed by atoms with Gasteiger partial charge in [-0.1, -0.05) is 30.3 Å². The summed E-state index contributed by atoms with van der Waals surface area (Å²) in [5, 5.41) is 0. The Morgan fingerprint density at radius 2 is 1.64 bits per heavy atom. The molecule has 0 atom stereocenters. The lowest BCUT2D eigenvalue weighted by molar-refractivity contribution is 0.0741. The molecule has 2 N–H and O–H groups in total. The summed E-state index contributed by atoms with van der Waals surface area (Å²) in [5.74, 6) is 1.12. The van der Waals surface area contributed by atoms with Crippen LogP contribution in [0.2, 0.25) is 0 Å². The smallest absolute Gasteiger partial charge is 0.254 e. The van der Waals surface area contributed by atoms with Gasteiger partial charge in [-0.25, -0.2) is 0 Å². The van der Waals surface area contributed by atoms with Gasteiger partial charge in [0.05, 0.1) is 14.2 Å². The quantitative estimate of drug-likeness (QED) is 0.781. The maximum Gasteiger partial charge on any atom is 0.254 e. The Bertz CT molecular complexity index is 643. The largest absolute Gasteiger partial charge is 0.497 e. The highest BCUT2D eigenvalue weighted by molar-refractivity contribution is 5.95. The number of rotatable bonds is 8. The van der Waals surface area contributed by atoms with Crippen LogP contribution in [-0.2, 0) is 6.54 Å². The minimum absolute atomic E-state index is 0. The van der Waals surface area contributed by atoms with Crippen molar-refractivity contribution in [2.45, 2.75) is 13.0 Å². The highest BCUT2D eigenvalue weighted by Gasteiger charge is 2.17. The van der Waals surface area contributed by atoms with E-state index in [1.54, 1.807) is 37.3 Å². The summed E-state index contributed by atoms with van der Waals surface area (Å²) in [5.41, 5.74) is 7.24. The van der Waals surface area contributed by atoms with Gasteiger partial charge in [-0.15, -0.1) is 12.4 Å². The summed E-state index contributed by atoms with van der Waals surface area (Å²) in [4.78, 5) is 14.8. The second-order valence-corrected chi connectivity index (χ2v) is 5.46. The number of methoxy groups -OCH3 is 2. The number of amides is 1. The van der Waals surface area contributed by atoms with Crippen molar-refractivity contribution in [1.29, 1.82) is 0 Å². The molecule has 25 heavy (non-hydrogen) atoms. The molecule has 0 spiro atoms. The highest BCUT2D eigenvalue weighted by atomic mass is 35.5. The zero-order valence-corrected chi connectivity index (χ0v) is 15.4. The molecule has 0 aliphatic rings. The van der Waals surface area contributed by atoms with Crippen LogP contribution >= 0.6 is 12.4 Å². The summed E-state index contributed by atoms with van der Waals surface area (Å²) >= 11 is 0. The fourth-order valence-electron chi connectivity index (χ4n) is 2.45. The average molecular weight is 365 g/mol. The molecule has 0 bridgehead atoms. The van der Waals surface area contributed by atoms with E-state index in [1.165, 1.54) is 0 Å². The molecule has 0 heterocycles. The molecular weight excluding hydrogens is 340 g/mol. The van der Waals surface area contributed by atoms with Crippen LogP contribution in [0.4, 0.5) is 0 Å². The summed E-state index contributed by atoms with van der Waals surface area (Å²) in [6.07, 6.45) is 0.750. The minimum Gasteiger partial charge on any atom is -0.497 e. The molecule has 0 saturated heterocycles. The van der Waals surface area contributed by atoms with Gasteiger partial charge in [-0.2, -0.15) is 0 Å². The molecule has 2 rings (SSSR count). The Balaban J connectivity index is 0.00000312. The van der Waals surface area contributed by atoms with Gasteiger partial charge in [0, 0.05) is 24.7 Å². The summed E-state index contributed by atoms with van der Waals surface area (Å²) in [6, 6.07) is 15.1. The van der Waals surface area contributed by atoms with Crippen LogP contribution in [0.5, 0.6) is 11.5 Å². The number of hydrogen-bond acceptors (Lipinski definition) is 4. The number of ether oxygens (including phenoxy) is 2. The fourth-order valence-corrected chi connectivity index (χ4v) is 2.45. The Morgan fingerprint density at radius 1 is 1.04 bits per heavy atom. The van der Waals surface area contributed by atoms with Crippen molar-refractivity contribution >= 4 is 18.3 Å². The molecule has 1 amide bonds. The number of hydrogen-bond donors (Lipinski definition) is 1. The highest BCUT2D eigenvalue weighted by Crippen LogP contribution is 2.24. The molecule has 0 aliphatic carbocycles. The zero-order chi connectivity index (χ0) is 17.4. The van der Waals surface area contributed by atoms with E-state index in [0.717, 1.165) is 12.0 Å². The molecule has 0 aliphatic heterocycles. The molecule has 2 aromatic carbocycles. The number of nitrogens with two attached hydrogens (primary N) is 1. The van der Waals surface area contributed by atoms with Crippen molar-refractivity contribution in [1.82, 2.24) is 4.90 Å². The van der Waals surface area contributed by atoms with E-state index >= 15 is 0 Å². The van der Waals surface area contributed by atoms with E-state index in [9.17, 15) is 4.79 Å². The van der Waals surface area contributed by atoms with E-state index in [2.05, 4.69) is 0 Å². The van der Waals surface area contributed by atoms with Crippen molar-refractivity contribution in [3.05, 3.63) is 59.7 Å². The molecule has 0 fully saturated rings. The van der Waals surface area contributed by atoms with E-state index in [0.29, 0.717) is 36.7 Å². The molecule has 0 radical (unpaired) electrons. The van der Waals surface area contributed by atoms with Gasteiger partial charge in [0.25, 0.3) is 5.91 Å². The second-order valence-electron chi connectivity index (χ2n) is 5.46.